The number of amides is 2. The second-order valence-electron chi connectivity index (χ2n) is 7.91. The number of nitrogens with one attached hydrogen (secondary N) is 1. The van der Waals surface area contributed by atoms with Crippen LogP contribution in [0.4, 0.5) is 4.39 Å². The molecule has 1 N–H and O–H groups in total. The lowest BCUT2D eigenvalue weighted by atomic mass is 9.95. The second kappa shape index (κ2) is 8.18. The minimum Gasteiger partial charge on any atom is -0.352 e. The minimum atomic E-state index is -0.263. The van der Waals surface area contributed by atoms with Gasteiger partial charge in [0.2, 0.25) is 5.91 Å². The highest BCUT2D eigenvalue weighted by molar-refractivity contribution is 7.20. The number of halogens is 1. The Bertz CT molecular complexity index is 1080. The molecule has 6 nitrogen and oxygen atoms in total. The third kappa shape index (κ3) is 3.96. The van der Waals surface area contributed by atoms with Crippen molar-refractivity contribution in [2.24, 2.45) is 13.0 Å². The summed E-state index contributed by atoms with van der Waals surface area (Å²) in [6.45, 7) is 5.08. The third-order valence-electron chi connectivity index (χ3n) is 5.76. The summed E-state index contributed by atoms with van der Waals surface area (Å²) in [5.41, 5.74) is 2.26. The van der Waals surface area contributed by atoms with Crippen molar-refractivity contribution in [1.82, 2.24) is 20.0 Å². The van der Waals surface area contributed by atoms with E-state index in [1.165, 1.54) is 17.4 Å². The molecular formula is C22H25FN4O2S. The first-order valence-electron chi connectivity index (χ1n) is 10.1. The van der Waals surface area contributed by atoms with Gasteiger partial charge in [0.15, 0.2) is 0 Å². The third-order valence-corrected chi connectivity index (χ3v) is 6.95. The Morgan fingerprint density at radius 2 is 1.97 bits per heavy atom. The molecule has 2 amide bonds. The molecule has 8 heteroatoms. The molecule has 3 heterocycles. The number of hydrogen-bond donors (Lipinski definition) is 1. The summed E-state index contributed by atoms with van der Waals surface area (Å²) in [4.78, 5) is 29.0. The molecule has 1 fully saturated rings. The fourth-order valence-electron chi connectivity index (χ4n) is 3.89. The van der Waals surface area contributed by atoms with E-state index in [-0.39, 0.29) is 23.5 Å². The molecule has 1 aliphatic heterocycles. The van der Waals surface area contributed by atoms with Crippen LogP contribution in [0.15, 0.2) is 24.3 Å². The molecule has 3 aromatic rings. The second-order valence-corrected chi connectivity index (χ2v) is 8.94. The number of fused-ring (bicyclic) bond motifs is 1. The van der Waals surface area contributed by atoms with E-state index in [0.717, 1.165) is 21.5 Å². The number of aromatic nitrogens is 2. The van der Waals surface area contributed by atoms with Crippen molar-refractivity contribution in [2.75, 3.05) is 13.1 Å². The van der Waals surface area contributed by atoms with Crippen LogP contribution in [-0.2, 0) is 18.4 Å². The van der Waals surface area contributed by atoms with Crippen molar-refractivity contribution in [1.29, 1.82) is 0 Å². The van der Waals surface area contributed by atoms with Crippen LogP contribution in [0.3, 0.4) is 0 Å². The Morgan fingerprint density at radius 1 is 1.23 bits per heavy atom. The molecule has 1 aromatic carbocycles. The highest BCUT2D eigenvalue weighted by Gasteiger charge is 2.29. The molecule has 30 heavy (non-hydrogen) atoms. The molecule has 0 spiro atoms. The Hall–Kier alpha value is -2.74. The molecule has 2 aromatic heterocycles. The number of nitrogens with zero attached hydrogens (tertiary/aromatic N) is 3. The van der Waals surface area contributed by atoms with E-state index in [4.69, 9.17) is 0 Å². The molecule has 0 atom stereocenters. The Kier molecular flexibility index (Phi) is 5.60. The summed E-state index contributed by atoms with van der Waals surface area (Å²) < 4.78 is 15.5. The van der Waals surface area contributed by atoms with E-state index in [1.54, 1.807) is 13.0 Å². The SMILES string of the molecule is Cc1ccc(CNC(=O)C2CCN(C(=O)c3cc4c(C)nn(C)c4s3)CC2)cc1F. The lowest BCUT2D eigenvalue weighted by Gasteiger charge is -2.31. The van der Waals surface area contributed by atoms with Crippen LogP contribution in [-0.4, -0.2) is 39.6 Å². The number of aryl methyl sites for hydroxylation is 3. The Balaban J connectivity index is 1.32. The lowest BCUT2D eigenvalue weighted by molar-refractivity contribution is -0.126. The van der Waals surface area contributed by atoms with Gasteiger partial charge < -0.3 is 10.2 Å². The maximum atomic E-state index is 13.7. The van der Waals surface area contributed by atoms with Crippen molar-refractivity contribution < 1.29 is 14.0 Å². The molecule has 0 saturated carbocycles. The van der Waals surface area contributed by atoms with Gasteiger partial charge in [0.25, 0.3) is 5.91 Å². The van der Waals surface area contributed by atoms with Gasteiger partial charge in [0.1, 0.15) is 10.6 Å². The van der Waals surface area contributed by atoms with Gasteiger partial charge in [0.05, 0.1) is 10.6 Å². The van der Waals surface area contributed by atoms with Crippen LogP contribution in [0.1, 0.15) is 39.3 Å². The first-order valence-corrected chi connectivity index (χ1v) is 10.9. The van der Waals surface area contributed by atoms with Crippen LogP contribution in [0.25, 0.3) is 10.2 Å². The number of likely N-dealkylation sites (tertiary alicyclic amines) is 1. The van der Waals surface area contributed by atoms with E-state index >= 15 is 0 Å². The largest absolute Gasteiger partial charge is 0.352 e. The molecule has 0 unspecified atom stereocenters. The van der Waals surface area contributed by atoms with E-state index in [2.05, 4.69) is 10.4 Å². The lowest BCUT2D eigenvalue weighted by Crippen LogP contribution is -2.42. The number of carbonyl (C=O) groups is 2. The molecule has 158 valence electrons. The van der Waals surface area contributed by atoms with Crippen molar-refractivity contribution in [2.45, 2.75) is 33.2 Å². The van der Waals surface area contributed by atoms with Gasteiger partial charge in [-0.2, -0.15) is 5.10 Å². The molecule has 1 saturated heterocycles. The van der Waals surface area contributed by atoms with Gasteiger partial charge in [-0.3, -0.25) is 14.3 Å². The standard InChI is InChI=1S/C22H25FN4O2S/c1-13-4-5-15(10-18(13)23)12-24-20(28)16-6-8-27(9-7-16)21(29)19-11-17-14(2)25-26(3)22(17)30-19/h4-5,10-11,16H,6-9,12H2,1-3H3,(H,24,28). The monoisotopic (exact) mass is 428 g/mol. The zero-order valence-corrected chi connectivity index (χ0v) is 18.2. The summed E-state index contributed by atoms with van der Waals surface area (Å²) in [5, 5.41) is 8.30. The number of carbonyl (C=O) groups excluding carboxylic acids is 2. The highest BCUT2D eigenvalue weighted by Crippen LogP contribution is 2.29. The zero-order valence-electron chi connectivity index (χ0n) is 17.4. The Labute approximate surface area is 178 Å². The average molecular weight is 429 g/mol. The smallest absolute Gasteiger partial charge is 0.264 e. The fraction of sp³-hybridized carbons (Fsp3) is 0.409. The molecule has 0 bridgehead atoms. The van der Waals surface area contributed by atoms with Crippen LogP contribution in [0, 0.1) is 25.6 Å². The predicted octanol–water partition coefficient (Wildman–Crippen LogP) is 3.56. The summed E-state index contributed by atoms with van der Waals surface area (Å²) in [5.74, 6) is -0.407. The van der Waals surface area contributed by atoms with E-state index < -0.39 is 0 Å². The molecule has 0 radical (unpaired) electrons. The van der Waals surface area contributed by atoms with Gasteiger partial charge in [-0.1, -0.05) is 12.1 Å². The van der Waals surface area contributed by atoms with Crippen molar-refractivity contribution in [3.63, 3.8) is 0 Å². The maximum absolute atomic E-state index is 13.7. The number of thiophene rings is 1. The highest BCUT2D eigenvalue weighted by atomic mass is 32.1. The van der Waals surface area contributed by atoms with E-state index in [1.807, 2.05) is 35.7 Å². The van der Waals surface area contributed by atoms with Crippen molar-refractivity contribution in [3.8, 4) is 0 Å². The van der Waals surface area contributed by atoms with Gasteiger partial charge in [-0.15, -0.1) is 11.3 Å². The average Bonchev–Trinajstić information content (AvgIpc) is 3.29. The topological polar surface area (TPSA) is 67.2 Å². The van der Waals surface area contributed by atoms with Crippen molar-refractivity contribution >= 4 is 33.4 Å². The minimum absolute atomic E-state index is 0.0181. The number of benzene rings is 1. The first-order chi connectivity index (χ1) is 14.3. The maximum Gasteiger partial charge on any atom is 0.264 e. The number of piperidine rings is 1. The van der Waals surface area contributed by atoms with Gasteiger partial charge >= 0.3 is 0 Å². The van der Waals surface area contributed by atoms with Crippen LogP contribution in [0.5, 0.6) is 0 Å². The zero-order chi connectivity index (χ0) is 21.4. The molecule has 4 rings (SSSR count). The van der Waals surface area contributed by atoms with E-state index in [0.29, 0.717) is 42.9 Å². The van der Waals surface area contributed by atoms with Gasteiger partial charge in [0, 0.05) is 38.0 Å². The van der Waals surface area contributed by atoms with E-state index in [9.17, 15) is 14.0 Å². The van der Waals surface area contributed by atoms with Crippen LogP contribution >= 0.6 is 11.3 Å². The van der Waals surface area contributed by atoms with Gasteiger partial charge in [-0.05, 0) is 49.9 Å². The number of hydrogen-bond acceptors (Lipinski definition) is 4. The van der Waals surface area contributed by atoms with Crippen LogP contribution < -0.4 is 5.32 Å². The van der Waals surface area contributed by atoms with Crippen LogP contribution in [0.2, 0.25) is 0 Å². The predicted molar refractivity (Wildman–Crippen MR) is 115 cm³/mol. The molecule has 1 aliphatic rings. The Morgan fingerprint density at radius 3 is 2.63 bits per heavy atom. The van der Waals surface area contributed by atoms with Crippen molar-refractivity contribution in [3.05, 3.63) is 51.8 Å². The summed E-state index contributed by atoms with van der Waals surface area (Å²) in [6.07, 6.45) is 1.26. The summed E-state index contributed by atoms with van der Waals surface area (Å²) in [7, 11) is 1.88. The number of rotatable bonds is 4. The first kappa shape index (κ1) is 20.5. The summed E-state index contributed by atoms with van der Waals surface area (Å²) >= 11 is 1.46. The fourth-order valence-corrected chi connectivity index (χ4v) is 4.98. The molecule has 0 aliphatic carbocycles. The summed E-state index contributed by atoms with van der Waals surface area (Å²) in [6, 6.07) is 6.91. The quantitative estimate of drug-likeness (QED) is 0.691. The van der Waals surface area contributed by atoms with Gasteiger partial charge in [-0.25, -0.2) is 4.39 Å². The normalized spacial score (nSPS) is 15.0. The molecular weight excluding hydrogens is 403 g/mol.